The van der Waals surface area contributed by atoms with Crippen molar-refractivity contribution in [3.63, 3.8) is 0 Å². The predicted molar refractivity (Wildman–Crippen MR) is 69.4 cm³/mol. The molecule has 0 aliphatic carbocycles. The fourth-order valence-corrected chi connectivity index (χ4v) is 2.49. The first-order valence-electron chi connectivity index (χ1n) is 6.23. The summed E-state index contributed by atoms with van der Waals surface area (Å²) in [6.45, 7) is 2.50. The fraction of sp³-hybridized carbons (Fsp3) is 0.333. The van der Waals surface area contributed by atoms with E-state index >= 15 is 0 Å². The standard InChI is InChI=1S/C15H15NO2/c1-10-8-13(15-9-11(17)6-7-18-15)12-4-2-3-5-14(12)16-10/h2-5,8,15H,6-7,9H2,1H3. The molecule has 1 saturated heterocycles. The Morgan fingerprint density at radius 2 is 2.17 bits per heavy atom. The molecule has 0 spiro atoms. The van der Waals surface area contributed by atoms with Crippen molar-refractivity contribution in [3.8, 4) is 0 Å². The SMILES string of the molecule is Cc1cc(C2CC(=O)CCO2)c2ccccc2n1. The zero-order chi connectivity index (χ0) is 12.5. The number of aromatic nitrogens is 1. The van der Waals surface area contributed by atoms with Gasteiger partial charge in [0.2, 0.25) is 0 Å². The molecule has 1 aliphatic heterocycles. The highest BCUT2D eigenvalue weighted by Gasteiger charge is 2.23. The van der Waals surface area contributed by atoms with Gasteiger partial charge in [-0.05, 0) is 24.6 Å². The number of fused-ring (bicyclic) bond motifs is 1. The second kappa shape index (κ2) is 4.50. The van der Waals surface area contributed by atoms with Crippen LogP contribution in [0.4, 0.5) is 0 Å². The first-order chi connectivity index (χ1) is 8.74. The van der Waals surface area contributed by atoms with Crippen molar-refractivity contribution in [3.05, 3.63) is 41.6 Å². The maximum absolute atomic E-state index is 11.6. The molecule has 1 fully saturated rings. The lowest BCUT2D eigenvalue weighted by Crippen LogP contribution is -2.19. The van der Waals surface area contributed by atoms with E-state index in [0.717, 1.165) is 22.2 Å². The third-order valence-electron chi connectivity index (χ3n) is 3.34. The number of rotatable bonds is 1. The highest BCUT2D eigenvalue weighted by atomic mass is 16.5. The smallest absolute Gasteiger partial charge is 0.138 e. The minimum atomic E-state index is -0.113. The minimum Gasteiger partial charge on any atom is -0.373 e. The van der Waals surface area contributed by atoms with Crippen LogP contribution in [0.1, 0.15) is 30.2 Å². The van der Waals surface area contributed by atoms with Crippen molar-refractivity contribution < 1.29 is 9.53 Å². The summed E-state index contributed by atoms with van der Waals surface area (Å²) in [7, 11) is 0. The average molecular weight is 241 g/mol. The van der Waals surface area contributed by atoms with Gasteiger partial charge in [-0.3, -0.25) is 9.78 Å². The van der Waals surface area contributed by atoms with Crippen LogP contribution in [0.25, 0.3) is 10.9 Å². The van der Waals surface area contributed by atoms with Crippen LogP contribution in [0, 0.1) is 6.92 Å². The fourth-order valence-electron chi connectivity index (χ4n) is 2.49. The maximum Gasteiger partial charge on any atom is 0.138 e. The lowest BCUT2D eigenvalue weighted by molar-refractivity contribution is -0.128. The van der Waals surface area contributed by atoms with Gasteiger partial charge in [0.1, 0.15) is 5.78 Å². The number of pyridine rings is 1. The van der Waals surface area contributed by atoms with E-state index in [1.54, 1.807) is 0 Å². The number of para-hydroxylation sites is 1. The van der Waals surface area contributed by atoms with Crippen LogP contribution in [0.2, 0.25) is 0 Å². The lowest BCUT2D eigenvalue weighted by Gasteiger charge is -2.23. The van der Waals surface area contributed by atoms with Gasteiger partial charge in [-0.15, -0.1) is 0 Å². The Morgan fingerprint density at radius 1 is 1.33 bits per heavy atom. The Kier molecular flexibility index (Phi) is 2.84. The number of hydrogen-bond acceptors (Lipinski definition) is 3. The molecule has 2 heterocycles. The van der Waals surface area contributed by atoms with Crippen LogP contribution < -0.4 is 0 Å². The number of carbonyl (C=O) groups is 1. The summed E-state index contributed by atoms with van der Waals surface area (Å²) >= 11 is 0. The first-order valence-corrected chi connectivity index (χ1v) is 6.23. The van der Waals surface area contributed by atoms with E-state index in [9.17, 15) is 4.79 Å². The van der Waals surface area contributed by atoms with Crippen LogP contribution in [0.15, 0.2) is 30.3 Å². The zero-order valence-electron chi connectivity index (χ0n) is 10.3. The Labute approximate surface area is 106 Å². The Morgan fingerprint density at radius 3 is 3.00 bits per heavy atom. The molecular weight excluding hydrogens is 226 g/mol. The Balaban J connectivity index is 2.12. The molecule has 1 aromatic carbocycles. The third kappa shape index (κ3) is 2.02. The van der Waals surface area contributed by atoms with E-state index < -0.39 is 0 Å². The largest absolute Gasteiger partial charge is 0.373 e. The van der Waals surface area contributed by atoms with Crippen LogP contribution in [0.3, 0.4) is 0 Å². The van der Waals surface area contributed by atoms with Gasteiger partial charge in [-0.2, -0.15) is 0 Å². The highest BCUT2D eigenvalue weighted by Crippen LogP contribution is 2.31. The van der Waals surface area contributed by atoms with Crippen molar-refractivity contribution in [2.45, 2.75) is 25.9 Å². The average Bonchev–Trinajstić information content (AvgIpc) is 2.37. The molecule has 18 heavy (non-hydrogen) atoms. The highest BCUT2D eigenvalue weighted by molar-refractivity contribution is 5.85. The van der Waals surface area contributed by atoms with Crippen molar-refractivity contribution in [1.82, 2.24) is 4.98 Å². The molecule has 0 saturated carbocycles. The van der Waals surface area contributed by atoms with Crippen molar-refractivity contribution in [2.24, 2.45) is 0 Å². The number of hydrogen-bond donors (Lipinski definition) is 0. The van der Waals surface area contributed by atoms with E-state index in [1.807, 2.05) is 37.3 Å². The Hall–Kier alpha value is -1.74. The normalized spacial score (nSPS) is 20.3. The molecule has 0 radical (unpaired) electrons. The summed E-state index contributed by atoms with van der Waals surface area (Å²) in [6.07, 6.45) is 0.907. The van der Waals surface area contributed by atoms with Gasteiger partial charge in [-0.25, -0.2) is 0 Å². The number of Topliss-reactive ketones (excluding diaryl/α,β-unsaturated/α-hetero) is 1. The van der Waals surface area contributed by atoms with E-state index in [0.29, 0.717) is 19.4 Å². The van der Waals surface area contributed by atoms with Crippen molar-refractivity contribution in [1.29, 1.82) is 0 Å². The lowest BCUT2D eigenvalue weighted by atomic mass is 9.97. The predicted octanol–water partition coefficient (Wildman–Crippen LogP) is 2.96. The number of benzene rings is 1. The molecule has 2 aromatic rings. The van der Waals surface area contributed by atoms with E-state index in [4.69, 9.17) is 4.74 Å². The second-order valence-corrected chi connectivity index (χ2v) is 4.72. The summed E-state index contributed by atoms with van der Waals surface area (Å²) in [5.41, 5.74) is 3.02. The summed E-state index contributed by atoms with van der Waals surface area (Å²) in [5.74, 6) is 0.282. The van der Waals surface area contributed by atoms with Crippen LogP contribution in [-0.4, -0.2) is 17.4 Å². The van der Waals surface area contributed by atoms with Gasteiger partial charge in [-0.1, -0.05) is 18.2 Å². The first kappa shape index (κ1) is 11.4. The number of aryl methyl sites for hydroxylation is 1. The molecular formula is C15H15NO2. The molecule has 92 valence electrons. The maximum atomic E-state index is 11.6. The molecule has 0 amide bonds. The number of carbonyl (C=O) groups excluding carboxylic acids is 1. The topological polar surface area (TPSA) is 39.2 Å². The monoisotopic (exact) mass is 241 g/mol. The summed E-state index contributed by atoms with van der Waals surface area (Å²) in [6, 6.07) is 10.0. The molecule has 0 bridgehead atoms. The number of nitrogens with zero attached hydrogens (tertiary/aromatic N) is 1. The molecule has 1 aromatic heterocycles. The van der Waals surface area contributed by atoms with Gasteiger partial charge in [0.05, 0.1) is 18.2 Å². The summed E-state index contributed by atoms with van der Waals surface area (Å²) in [5, 5.41) is 1.09. The Bertz CT molecular complexity index is 606. The molecule has 0 N–H and O–H groups in total. The number of ether oxygens (including phenoxy) is 1. The van der Waals surface area contributed by atoms with Crippen molar-refractivity contribution >= 4 is 16.7 Å². The van der Waals surface area contributed by atoms with Gasteiger partial charge >= 0.3 is 0 Å². The quantitative estimate of drug-likeness (QED) is 0.770. The molecule has 1 aliphatic rings. The molecule has 1 unspecified atom stereocenters. The second-order valence-electron chi connectivity index (χ2n) is 4.72. The van der Waals surface area contributed by atoms with E-state index in [2.05, 4.69) is 4.98 Å². The molecule has 3 rings (SSSR count). The molecule has 3 nitrogen and oxygen atoms in total. The summed E-state index contributed by atoms with van der Waals surface area (Å²) < 4.78 is 5.75. The van der Waals surface area contributed by atoms with E-state index in [-0.39, 0.29) is 11.9 Å². The van der Waals surface area contributed by atoms with Crippen LogP contribution in [-0.2, 0) is 9.53 Å². The van der Waals surface area contributed by atoms with Gasteiger partial charge in [0, 0.05) is 23.9 Å². The summed E-state index contributed by atoms with van der Waals surface area (Å²) in [4.78, 5) is 16.1. The van der Waals surface area contributed by atoms with Crippen LogP contribution in [0.5, 0.6) is 0 Å². The molecule has 1 atom stereocenters. The van der Waals surface area contributed by atoms with Gasteiger partial charge in [0.15, 0.2) is 0 Å². The zero-order valence-corrected chi connectivity index (χ0v) is 10.3. The van der Waals surface area contributed by atoms with Crippen molar-refractivity contribution in [2.75, 3.05) is 6.61 Å². The third-order valence-corrected chi connectivity index (χ3v) is 3.34. The minimum absolute atomic E-state index is 0.113. The molecule has 3 heteroatoms. The van der Waals surface area contributed by atoms with Gasteiger partial charge in [0.25, 0.3) is 0 Å². The van der Waals surface area contributed by atoms with Crippen LogP contribution >= 0.6 is 0 Å². The van der Waals surface area contributed by atoms with E-state index in [1.165, 1.54) is 0 Å². The van der Waals surface area contributed by atoms with Gasteiger partial charge < -0.3 is 4.74 Å². The number of ketones is 1.